The molecule has 2 aliphatic rings. The maximum atomic E-state index is 14.7. The Morgan fingerprint density at radius 2 is 1.92 bits per heavy atom. The van der Waals surface area contributed by atoms with Crippen LogP contribution in [-0.2, 0) is 23.8 Å². The van der Waals surface area contributed by atoms with E-state index in [9.17, 15) is 18.7 Å². The molecule has 0 radical (unpaired) electrons. The molecule has 1 N–H and O–H groups in total. The number of aliphatic hydroxyl groups is 1. The molecule has 0 saturated carbocycles. The number of hydrogen-bond acceptors (Lipinski definition) is 4. The van der Waals surface area contributed by atoms with Gasteiger partial charge in [0.05, 0.1) is 25.3 Å². The molecule has 2 aliphatic heterocycles. The molecule has 5 rings (SSSR count). The number of aromatic nitrogens is 1. The van der Waals surface area contributed by atoms with Gasteiger partial charge in [-0.15, -0.1) is 0 Å². The van der Waals surface area contributed by atoms with Crippen molar-refractivity contribution in [3.8, 4) is 5.75 Å². The zero-order valence-corrected chi connectivity index (χ0v) is 21.1. The number of hydrogen-bond donors (Lipinski definition) is 1. The lowest BCUT2D eigenvalue weighted by Gasteiger charge is -2.50. The molecule has 0 unspecified atom stereocenters. The largest absolute Gasteiger partial charge is 0.497 e. The molecule has 1 spiro atoms. The van der Waals surface area contributed by atoms with Crippen molar-refractivity contribution in [2.75, 3.05) is 33.4 Å². The molecular formula is C28H33F2N3O3. The fourth-order valence-electron chi connectivity index (χ4n) is 6.33. The van der Waals surface area contributed by atoms with Crippen LogP contribution in [0.5, 0.6) is 5.75 Å². The molecule has 192 valence electrons. The monoisotopic (exact) mass is 497 g/mol. The van der Waals surface area contributed by atoms with Crippen LogP contribution in [0.15, 0.2) is 36.4 Å². The number of nitrogens with zero attached hydrogens (tertiary/aromatic N) is 3. The summed E-state index contributed by atoms with van der Waals surface area (Å²) in [5.41, 5.74) is 3.16. The highest BCUT2D eigenvalue weighted by Gasteiger charge is 2.48. The van der Waals surface area contributed by atoms with Crippen LogP contribution in [0.1, 0.15) is 49.0 Å². The number of fused-ring (bicyclic) bond motifs is 4. The number of aryl methyl sites for hydroxylation is 1. The van der Waals surface area contributed by atoms with Gasteiger partial charge in [0.2, 0.25) is 5.91 Å². The normalized spacial score (nSPS) is 19.6. The SMILES string of the molecule is CCC(=O)N1CCC2(CC1)CN(Cc1cc(F)ccc1F)[C@@H](CO)c1c2c2ccc(OC)cc2n1C. The highest BCUT2D eigenvalue weighted by Crippen LogP contribution is 2.50. The van der Waals surface area contributed by atoms with Crippen LogP contribution in [0, 0.1) is 11.6 Å². The standard InChI is InChI=1S/C28H33F2N3O3/c1-4-25(35)32-11-9-28(10-12-32)17-33(15-18-13-19(29)5-8-22(18)30)24(16-34)27-26(28)21-7-6-20(36-3)14-23(21)31(27)2/h5-8,13-14,24,34H,4,9-12,15-17H2,1-3H3/t24-/m0/s1. The third-order valence-electron chi connectivity index (χ3n) is 8.18. The minimum atomic E-state index is -0.484. The molecule has 1 amide bonds. The maximum absolute atomic E-state index is 14.7. The number of amides is 1. The summed E-state index contributed by atoms with van der Waals surface area (Å²) >= 11 is 0. The lowest BCUT2D eigenvalue weighted by Crippen LogP contribution is -2.54. The van der Waals surface area contributed by atoms with E-state index < -0.39 is 11.6 Å². The number of piperidine rings is 1. The Morgan fingerprint density at radius 3 is 2.58 bits per heavy atom. The van der Waals surface area contributed by atoms with Gasteiger partial charge in [0, 0.05) is 67.8 Å². The van der Waals surface area contributed by atoms with Crippen LogP contribution < -0.4 is 4.74 Å². The van der Waals surface area contributed by atoms with Gasteiger partial charge >= 0.3 is 0 Å². The quantitative estimate of drug-likeness (QED) is 0.572. The molecule has 3 aromatic rings. The van der Waals surface area contributed by atoms with Crippen molar-refractivity contribution in [1.82, 2.24) is 14.4 Å². The minimum absolute atomic E-state index is 0.149. The van der Waals surface area contributed by atoms with E-state index in [1.54, 1.807) is 7.11 Å². The molecule has 8 heteroatoms. The minimum Gasteiger partial charge on any atom is -0.497 e. The Kier molecular flexibility index (Phi) is 6.51. The summed E-state index contributed by atoms with van der Waals surface area (Å²) in [4.78, 5) is 16.4. The van der Waals surface area contributed by atoms with Crippen molar-refractivity contribution in [3.05, 3.63) is 64.9 Å². The fraction of sp³-hybridized carbons (Fsp3) is 0.464. The topological polar surface area (TPSA) is 57.9 Å². The van der Waals surface area contributed by atoms with Crippen molar-refractivity contribution in [3.63, 3.8) is 0 Å². The molecule has 1 atom stereocenters. The molecule has 0 aliphatic carbocycles. The van der Waals surface area contributed by atoms with Gasteiger partial charge in [-0.2, -0.15) is 0 Å². The van der Waals surface area contributed by atoms with E-state index in [-0.39, 0.29) is 36.1 Å². The summed E-state index contributed by atoms with van der Waals surface area (Å²) < 4.78 is 36.3. The van der Waals surface area contributed by atoms with Crippen LogP contribution in [0.2, 0.25) is 0 Å². The summed E-state index contributed by atoms with van der Waals surface area (Å²) in [5, 5.41) is 11.7. The van der Waals surface area contributed by atoms with Gasteiger partial charge in [0.1, 0.15) is 17.4 Å². The number of carbonyl (C=O) groups excluding carboxylic acids is 1. The second-order valence-corrected chi connectivity index (χ2v) is 10.1. The van der Waals surface area contributed by atoms with Crippen LogP contribution in [-0.4, -0.2) is 58.7 Å². The lowest BCUT2D eigenvalue weighted by molar-refractivity contribution is -0.132. The van der Waals surface area contributed by atoms with Gasteiger partial charge in [-0.05, 0) is 48.7 Å². The zero-order chi connectivity index (χ0) is 25.6. The van der Waals surface area contributed by atoms with E-state index in [2.05, 4.69) is 15.5 Å². The van der Waals surface area contributed by atoms with Crippen molar-refractivity contribution in [2.24, 2.45) is 7.05 Å². The van der Waals surface area contributed by atoms with Gasteiger partial charge in [-0.25, -0.2) is 8.78 Å². The van der Waals surface area contributed by atoms with Crippen molar-refractivity contribution in [2.45, 2.75) is 44.2 Å². The second kappa shape index (κ2) is 9.48. The molecule has 1 fully saturated rings. The molecule has 2 aromatic carbocycles. The number of carbonyl (C=O) groups is 1. The predicted octanol–water partition coefficient (Wildman–Crippen LogP) is 4.28. The number of halogens is 2. The highest BCUT2D eigenvalue weighted by atomic mass is 19.1. The van der Waals surface area contributed by atoms with Crippen LogP contribution >= 0.6 is 0 Å². The first-order chi connectivity index (χ1) is 17.3. The van der Waals surface area contributed by atoms with E-state index in [1.165, 1.54) is 11.6 Å². The van der Waals surface area contributed by atoms with Crippen molar-refractivity contribution >= 4 is 16.8 Å². The number of rotatable bonds is 5. The van der Waals surface area contributed by atoms with Gasteiger partial charge in [0.25, 0.3) is 0 Å². The van der Waals surface area contributed by atoms with E-state index in [1.807, 2.05) is 31.0 Å². The Balaban J connectivity index is 1.65. The molecule has 3 heterocycles. The van der Waals surface area contributed by atoms with Gasteiger partial charge in [-0.3, -0.25) is 9.69 Å². The number of aliphatic hydroxyl groups excluding tert-OH is 1. The smallest absolute Gasteiger partial charge is 0.222 e. The average Bonchev–Trinajstić information content (AvgIpc) is 3.19. The Labute approximate surface area is 210 Å². The van der Waals surface area contributed by atoms with Crippen molar-refractivity contribution < 1.29 is 23.4 Å². The summed E-state index contributed by atoms with van der Waals surface area (Å²) in [6, 6.07) is 9.16. The predicted molar refractivity (Wildman–Crippen MR) is 134 cm³/mol. The number of likely N-dealkylation sites (tertiary alicyclic amines) is 1. The summed E-state index contributed by atoms with van der Waals surface area (Å²) in [6.07, 6.45) is 2.00. The molecule has 1 aromatic heterocycles. The first kappa shape index (κ1) is 24.7. The van der Waals surface area contributed by atoms with Crippen molar-refractivity contribution in [1.29, 1.82) is 0 Å². The molecule has 1 saturated heterocycles. The van der Waals surface area contributed by atoms with E-state index in [0.29, 0.717) is 26.1 Å². The Bertz CT molecular complexity index is 1300. The molecule has 0 bridgehead atoms. The van der Waals surface area contributed by atoms with Crippen LogP contribution in [0.25, 0.3) is 10.9 Å². The summed E-state index contributed by atoms with van der Waals surface area (Å²) in [7, 11) is 3.62. The van der Waals surface area contributed by atoms with E-state index in [4.69, 9.17) is 4.74 Å². The second-order valence-electron chi connectivity index (χ2n) is 10.1. The number of benzene rings is 2. The first-order valence-electron chi connectivity index (χ1n) is 12.5. The first-order valence-corrected chi connectivity index (χ1v) is 12.5. The molecular weight excluding hydrogens is 464 g/mol. The zero-order valence-electron chi connectivity index (χ0n) is 21.1. The van der Waals surface area contributed by atoms with Gasteiger partial charge in [0.15, 0.2) is 0 Å². The van der Waals surface area contributed by atoms with Crippen LogP contribution in [0.3, 0.4) is 0 Å². The van der Waals surface area contributed by atoms with Gasteiger partial charge in [-0.1, -0.05) is 6.92 Å². The average molecular weight is 498 g/mol. The highest BCUT2D eigenvalue weighted by molar-refractivity contribution is 5.88. The maximum Gasteiger partial charge on any atom is 0.222 e. The number of ether oxygens (including phenoxy) is 1. The summed E-state index contributed by atoms with van der Waals surface area (Å²) in [6.45, 7) is 3.78. The Morgan fingerprint density at radius 1 is 1.17 bits per heavy atom. The Hall–Kier alpha value is -2.97. The lowest BCUT2D eigenvalue weighted by atomic mass is 9.68. The summed E-state index contributed by atoms with van der Waals surface area (Å²) in [5.74, 6) is -0.0481. The van der Waals surface area contributed by atoms with Crippen LogP contribution in [0.4, 0.5) is 8.78 Å². The third-order valence-corrected chi connectivity index (χ3v) is 8.18. The van der Waals surface area contributed by atoms with Gasteiger partial charge < -0.3 is 19.3 Å². The van der Waals surface area contributed by atoms with E-state index in [0.717, 1.165) is 47.3 Å². The fourth-order valence-corrected chi connectivity index (χ4v) is 6.33. The third kappa shape index (κ3) is 3.96. The number of methoxy groups -OCH3 is 1. The molecule has 36 heavy (non-hydrogen) atoms. The van der Waals surface area contributed by atoms with E-state index >= 15 is 0 Å². The molecule has 6 nitrogen and oxygen atoms in total.